The lowest BCUT2D eigenvalue weighted by Gasteiger charge is -2.16. The average molecular weight is 224 g/mol. The van der Waals surface area contributed by atoms with Crippen LogP contribution in [0.2, 0.25) is 0 Å². The summed E-state index contributed by atoms with van der Waals surface area (Å²) in [6.45, 7) is 3.85. The second-order valence-corrected chi connectivity index (χ2v) is 4.04. The van der Waals surface area contributed by atoms with Crippen LogP contribution in [0.5, 0.6) is 0 Å². The molecule has 1 heterocycles. The molecule has 0 saturated heterocycles. The van der Waals surface area contributed by atoms with Crippen LogP contribution >= 0.6 is 0 Å². The molecule has 1 amide bonds. The number of hydrogen-bond acceptors (Lipinski definition) is 3. The van der Waals surface area contributed by atoms with Gasteiger partial charge in [-0.1, -0.05) is 0 Å². The van der Waals surface area contributed by atoms with Crippen LogP contribution in [-0.4, -0.2) is 25.0 Å². The first-order valence-electron chi connectivity index (χ1n) is 5.63. The number of likely N-dealkylation sites (N-methyl/N-ethyl adjacent to an activating group) is 1. The zero-order chi connectivity index (χ0) is 12.0. The van der Waals surface area contributed by atoms with Gasteiger partial charge in [0.1, 0.15) is 5.76 Å². The van der Waals surface area contributed by atoms with Crippen molar-refractivity contribution in [3.63, 3.8) is 0 Å². The maximum Gasteiger partial charge on any atom is 0.237 e. The third-order valence-corrected chi connectivity index (χ3v) is 2.62. The van der Waals surface area contributed by atoms with Gasteiger partial charge in [-0.15, -0.1) is 0 Å². The van der Waals surface area contributed by atoms with E-state index in [1.54, 1.807) is 13.3 Å². The molecule has 0 bridgehead atoms. The van der Waals surface area contributed by atoms with Gasteiger partial charge >= 0.3 is 0 Å². The Hall–Kier alpha value is -1.29. The lowest BCUT2D eigenvalue weighted by Crippen LogP contribution is -2.44. The molecule has 1 rings (SSSR count). The third kappa shape index (κ3) is 4.06. The summed E-state index contributed by atoms with van der Waals surface area (Å²) in [6, 6.07) is 3.84. The van der Waals surface area contributed by atoms with Gasteiger partial charge in [-0.05, 0) is 39.4 Å². The summed E-state index contributed by atoms with van der Waals surface area (Å²) in [6.07, 6.45) is 3.40. The number of nitrogens with one attached hydrogen (secondary N) is 2. The molecule has 0 saturated carbocycles. The van der Waals surface area contributed by atoms with Crippen molar-refractivity contribution in [2.75, 3.05) is 7.05 Å². The zero-order valence-corrected chi connectivity index (χ0v) is 10.1. The number of carbonyl (C=O) groups is 1. The highest BCUT2D eigenvalue weighted by Gasteiger charge is 2.13. The zero-order valence-electron chi connectivity index (χ0n) is 10.1. The van der Waals surface area contributed by atoms with Gasteiger partial charge in [0.25, 0.3) is 0 Å². The van der Waals surface area contributed by atoms with E-state index in [1.165, 1.54) is 0 Å². The number of carbonyl (C=O) groups excluding carboxylic acids is 1. The molecule has 1 aromatic rings. The topological polar surface area (TPSA) is 54.3 Å². The minimum absolute atomic E-state index is 0.0365. The fourth-order valence-electron chi connectivity index (χ4n) is 1.38. The van der Waals surface area contributed by atoms with E-state index < -0.39 is 0 Å². The first kappa shape index (κ1) is 12.8. The van der Waals surface area contributed by atoms with Gasteiger partial charge < -0.3 is 15.1 Å². The molecule has 2 unspecified atom stereocenters. The molecule has 0 aliphatic carbocycles. The molecule has 4 heteroatoms. The summed E-state index contributed by atoms with van der Waals surface area (Å²) in [5.41, 5.74) is 0. The average Bonchev–Trinajstić information content (AvgIpc) is 2.78. The van der Waals surface area contributed by atoms with Crippen molar-refractivity contribution in [2.24, 2.45) is 0 Å². The molecule has 1 aromatic heterocycles. The Bertz CT molecular complexity index is 309. The summed E-state index contributed by atoms with van der Waals surface area (Å²) >= 11 is 0. The minimum atomic E-state index is -0.147. The second kappa shape index (κ2) is 6.33. The van der Waals surface area contributed by atoms with E-state index in [1.807, 2.05) is 26.0 Å². The number of hydrogen-bond donors (Lipinski definition) is 2. The molecule has 4 nitrogen and oxygen atoms in total. The van der Waals surface area contributed by atoms with Crippen molar-refractivity contribution in [3.8, 4) is 0 Å². The monoisotopic (exact) mass is 224 g/mol. The highest BCUT2D eigenvalue weighted by atomic mass is 16.3. The van der Waals surface area contributed by atoms with Gasteiger partial charge in [0.05, 0.1) is 12.3 Å². The van der Waals surface area contributed by atoms with E-state index >= 15 is 0 Å². The Labute approximate surface area is 96.4 Å². The predicted molar refractivity (Wildman–Crippen MR) is 63.2 cm³/mol. The molecule has 0 spiro atoms. The van der Waals surface area contributed by atoms with Crippen molar-refractivity contribution in [2.45, 2.75) is 38.8 Å². The Morgan fingerprint density at radius 1 is 1.50 bits per heavy atom. The Morgan fingerprint density at radius 3 is 2.81 bits per heavy atom. The molecule has 0 fully saturated rings. The van der Waals surface area contributed by atoms with Crippen molar-refractivity contribution >= 4 is 5.91 Å². The lowest BCUT2D eigenvalue weighted by molar-refractivity contribution is -0.123. The molecule has 2 N–H and O–H groups in total. The summed E-state index contributed by atoms with van der Waals surface area (Å²) in [5.74, 6) is 0.997. The number of aryl methyl sites for hydroxylation is 1. The molecule has 0 radical (unpaired) electrons. The van der Waals surface area contributed by atoms with Gasteiger partial charge in [0.15, 0.2) is 0 Å². The van der Waals surface area contributed by atoms with Crippen molar-refractivity contribution in [1.29, 1.82) is 0 Å². The van der Waals surface area contributed by atoms with E-state index in [2.05, 4.69) is 10.6 Å². The Balaban J connectivity index is 2.25. The van der Waals surface area contributed by atoms with Crippen LogP contribution in [0.1, 0.15) is 26.0 Å². The molecule has 0 aliphatic heterocycles. The maximum absolute atomic E-state index is 11.5. The molecular formula is C12H20N2O2. The van der Waals surface area contributed by atoms with Gasteiger partial charge in [0, 0.05) is 12.5 Å². The van der Waals surface area contributed by atoms with E-state index in [4.69, 9.17) is 4.42 Å². The molecule has 0 aliphatic rings. The van der Waals surface area contributed by atoms with Crippen LogP contribution in [0.25, 0.3) is 0 Å². The summed E-state index contributed by atoms with van der Waals surface area (Å²) < 4.78 is 5.23. The van der Waals surface area contributed by atoms with Crippen LogP contribution in [-0.2, 0) is 11.2 Å². The van der Waals surface area contributed by atoms with E-state index in [0.29, 0.717) is 0 Å². The maximum atomic E-state index is 11.5. The standard InChI is InChI=1S/C12H20N2O2/c1-9(14-12(15)10(2)13-3)6-7-11-5-4-8-16-11/h4-5,8-10,13H,6-7H2,1-3H3,(H,14,15). The first-order valence-corrected chi connectivity index (χ1v) is 5.63. The fourth-order valence-corrected chi connectivity index (χ4v) is 1.38. The van der Waals surface area contributed by atoms with Gasteiger partial charge in [-0.3, -0.25) is 4.79 Å². The SMILES string of the molecule is CNC(C)C(=O)NC(C)CCc1ccco1. The van der Waals surface area contributed by atoms with Crippen molar-refractivity contribution < 1.29 is 9.21 Å². The predicted octanol–water partition coefficient (Wildman–Crippen LogP) is 1.32. The number of furan rings is 1. The molecular weight excluding hydrogens is 204 g/mol. The summed E-state index contributed by atoms with van der Waals surface area (Å²) in [4.78, 5) is 11.5. The van der Waals surface area contributed by atoms with Crippen molar-refractivity contribution in [3.05, 3.63) is 24.2 Å². The molecule has 90 valence electrons. The molecule has 2 atom stereocenters. The van der Waals surface area contributed by atoms with Gasteiger partial charge in [0.2, 0.25) is 5.91 Å². The van der Waals surface area contributed by atoms with Crippen LogP contribution < -0.4 is 10.6 Å². The number of amides is 1. The van der Waals surface area contributed by atoms with Gasteiger partial charge in [-0.25, -0.2) is 0 Å². The van der Waals surface area contributed by atoms with E-state index in [9.17, 15) is 4.79 Å². The highest BCUT2D eigenvalue weighted by molar-refractivity contribution is 5.81. The first-order chi connectivity index (χ1) is 7.63. The van der Waals surface area contributed by atoms with E-state index in [0.717, 1.165) is 18.6 Å². The largest absolute Gasteiger partial charge is 0.469 e. The van der Waals surface area contributed by atoms with Crippen LogP contribution in [0, 0.1) is 0 Å². The van der Waals surface area contributed by atoms with Crippen LogP contribution in [0.3, 0.4) is 0 Å². The summed E-state index contributed by atoms with van der Waals surface area (Å²) in [5, 5.41) is 5.86. The fraction of sp³-hybridized carbons (Fsp3) is 0.583. The van der Waals surface area contributed by atoms with E-state index in [-0.39, 0.29) is 18.0 Å². The van der Waals surface area contributed by atoms with Crippen LogP contribution in [0.15, 0.2) is 22.8 Å². The normalized spacial score (nSPS) is 14.4. The highest BCUT2D eigenvalue weighted by Crippen LogP contribution is 2.05. The molecule has 0 aromatic carbocycles. The Kier molecular flexibility index (Phi) is 5.05. The quantitative estimate of drug-likeness (QED) is 0.766. The second-order valence-electron chi connectivity index (χ2n) is 4.04. The van der Waals surface area contributed by atoms with Gasteiger partial charge in [-0.2, -0.15) is 0 Å². The summed E-state index contributed by atoms with van der Waals surface area (Å²) in [7, 11) is 1.78. The Morgan fingerprint density at radius 2 is 2.25 bits per heavy atom. The van der Waals surface area contributed by atoms with Crippen molar-refractivity contribution in [1.82, 2.24) is 10.6 Å². The third-order valence-electron chi connectivity index (χ3n) is 2.62. The molecule has 16 heavy (non-hydrogen) atoms. The lowest BCUT2D eigenvalue weighted by atomic mass is 10.1. The minimum Gasteiger partial charge on any atom is -0.469 e. The van der Waals surface area contributed by atoms with Crippen LogP contribution in [0.4, 0.5) is 0 Å². The smallest absolute Gasteiger partial charge is 0.237 e. The number of rotatable bonds is 6.